The van der Waals surface area contributed by atoms with Crippen LogP contribution in [0.2, 0.25) is 5.02 Å². The summed E-state index contributed by atoms with van der Waals surface area (Å²) in [6.45, 7) is 0.352. The molecule has 1 fully saturated rings. The maximum atomic E-state index is 13.4. The van der Waals surface area contributed by atoms with Gasteiger partial charge in [0, 0.05) is 17.2 Å². The van der Waals surface area contributed by atoms with Crippen LogP contribution in [0.4, 0.5) is 24.8 Å². The van der Waals surface area contributed by atoms with Gasteiger partial charge >= 0.3 is 6.18 Å². The highest BCUT2D eigenvalue weighted by atomic mass is 79.9. The van der Waals surface area contributed by atoms with Crippen molar-refractivity contribution in [1.29, 1.82) is 0 Å². The summed E-state index contributed by atoms with van der Waals surface area (Å²) in [6, 6.07) is 4.82. The molecule has 2 N–H and O–H groups in total. The maximum absolute atomic E-state index is 13.4. The molecule has 0 aliphatic heterocycles. The molecule has 3 rings (SSSR count). The Morgan fingerprint density at radius 1 is 1.33 bits per heavy atom. The van der Waals surface area contributed by atoms with Gasteiger partial charge in [0.25, 0.3) is 5.91 Å². The first-order valence-corrected chi connectivity index (χ1v) is 9.35. The van der Waals surface area contributed by atoms with E-state index in [4.69, 9.17) is 11.6 Å². The van der Waals surface area contributed by atoms with E-state index in [1.807, 2.05) is 0 Å². The van der Waals surface area contributed by atoms with Gasteiger partial charge in [0.05, 0.1) is 16.3 Å². The molecule has 0 spiro atoms. The molecule has 1 aromatic heterocycles. The lowest BCUT2D eigenvalue weighted by Crippen LogP contribution is -2.33. The second-order valence-corrected chi connectivity index (χ2v) is 7.53. The number of nitrogens with zero attached hydrogens (tertiary/aromatic N) is 2. The minimum absolute atomic E-state index is 0.281. The van der Waals surface area contributed by atoms with Crippen LogP contribution in [-0.2, 0) is 6.18 Å². The molecule has 1 amide bonds. The Bertz CT molecular complexity index is 859. The maximum Gasteiger partial charge on any atom is 0.434 e. The van der Waals surface area contributed by atoms with Crippen LogP contribution in [0.15, 0.2) is 28.9 Å². The van der Waals surface area contributed by atoms with Crippen molar-refractivity contribution in [3.63, 3.8) is 0 Å². The Hall–Kier alpha value is -1.87. The third-order valence-corrected chi connectivity index (χ3v) is 5.06. The molecule has 144 valence electrons. The zero-order valence-corrected chi connectivity index (χ0v) is 16.2. The summed E-state index contributed by atoms with van der Waals surface area (Å²) in [4.78, 5) is 19.5. The first kappa shape index (κ1) is 19.9. The Balaban J connectivity index is 1.83. The average Bonchev–Trinajstić information content (AvgIpc) is 2.55. The smallest absolute Gasteiger partial charge is 0.352 e. The number of hydrogen-bond donors (Lipinski definition) is 2. The van der Waals surface area contributed by atoms with Gasteiger partial charge in [-0.25, -0.2) is 9.97 Å². The number of amides is 1. The van der Waals surface area contributed by atoms with Crippen LogP contribution in [-0.4, -0.2) is 22.4 Å². The zero-order valence-electron chi connectivity index (χ0n) is 13.9. The molecule has 2 aromatic rings. The second-order valence-electron chi connectivity index (χ2n) is 6.21. The van der Waals surface area contributed by atoms with Crippen molar-refractivity contribution in [1.82, 2.24) is 15.3 Å². The lowest BCUT2D eigenvalue weighted by atomic mass is 9.85. The lowest BCUT2D eigenvalue weighted by Gasteiger charge is -2.25. The summed E-state index contributed by atoms with van der Waals surface area (Å²) in [5.41, 5.74) is -1.55. The average molecular weight is 464 g/mol. The molecule has 1 aliphatic carbocycles. The molecular formula is C17H15BrClF3N4O. The Morgan fingerprint density at radius 2 is 2.07 bits per heavy atom. The summed E-state index contributed by atoms with van der Waals surface area (Å²) < 4.78 is 40.9. The first-order chi connectivity index (χ1) is 12.7. The fraction of sp³-hybridized carbons (Fsp3) is 0.353. The highest BCUT2D eigenvalue weighted by molar-refractivity contribution is 9.10. The molecule has 10 heteroatoms. The Kier molecular flexibility index (Phi) is 5.90. The van der Waals surface area contributed by atoms with Crippen LogP contribution < -0.4 is 10.6 Å². The van der Waals surface area contributed by atoms with Crippen molar-refractivity contribution in [3.8, 4) is 0 Å². The number of halogens is 5. The van der Waals surface area contributed by atoms with E-state index in [1.54, 1.807) is 18.2 Å². The van der Waals surface area contributed by atoms with Gasteiger partial charge in [-0.3, -0.25) is 4.79 Å². The topological polar surface area (TPSA) is 66.9 Å². The number of rotatable bonds is 5. The molecule has 1 heterocycles. The van der Waals surface area contributed by atoms with Gasteiger partial charge in [0.1, 0.15) is 0 Å². The molecule has 0 radical (unpaired) electrons. The summed E-state index contributed by atoms with van der Waals surface area (Å²) in [6.07, 6.45) is -0.900. The standard InChI is InChI=1S/C17H15BrClF3N4O/c18-10-4-5-13(12(19)6-10)25-16-24-8-11(14(26-16)17(20,21)22)15(27)23-7-9-2-1-3-9/h4-6,8-9H,1-3,7H2,(H,23,27)(H,24,25,26). The van der Waals surface area contributed by atoms with Crippen LogP contribution in [0.1, 0.15) is 35.3 Å². The first-order valence-electron chi connectivity index (χ1n) is 8.18. The predicted molar refractivity (Wildman–Crippen MR) is 99.1 cm³/mol. The number of hydrogen-bond acceptors (Lipinski definition) is 4. The van der Waals surface area contributed by atoms with E-state index in [0.717, 1.165) is 25.5 Å². The van der Waals surface area contributed by atoms with E-state index in [0.29, 0.717) is 22.6 Å². The highest BCUT2D eigenvalue weighted by Crippen LogP contribution is 2.33. The Morgan fingerprint density at radius 3 is 2.67 bits per heavy atom. The molecule has 27 heavy (non-hydrogen) atoms. The van der Waals surface area contributed by atoms with Gasteiger partial charge in [-0.05, 0) is 37.0 Å². The second kappa shape index (κ2) is 8.02. The Labute approximate surface area is 166 Å². The highest BCUT2D eigenvalue weighted by Gasteiger charge is 2.38. The van der Waals surface area contributed by atoms with Crippen LogP contribution in [0.25, 0.3) is 0 Å². The van der Waals surface area contributed by atoms with Crippen molar-refractivity contribution in [3.05, 3.63) is 45.1 Å². The molecule has 0 unspecified atom stereocenters. The number of carbonyl (C=O) groups is 1. The van der Waals surface area contributed by atoms with Crippen molar-refractivity contribution in [2.45, 2.75) is 25.4 Å². The quantitative estimate of drug-likeness (QED) is 0.641. The summed E-state index contributed by atoms with van der Waals surface area (Å²) in [5.74, 6) is -0.811. The molecule has 1 aromatic carbocycles. The van der Waals surface area contributed by atoms with Crippen LogP contribution in [0, 0.1) is 5.92 Å². The van der Waals surface area contributed by atoms with Gasteiger partial charge < -0.3 is 10.6 Å². The van der Waals surface area contributed by atoms with Crippen LogP contribution in [0.3, 0.4) is 0 Å². The van der Waals surface area contributed by atoms with E-state index in [2.05, 4.69) is 36.5 Å². The molecule has 1 saturated carbocycles. The molecule has 0 atom stereocenters. The van der Waals surface area contributed by atoms with Crippen molar-refractivity contribution >= 4 is 45.1 Å². The minimum atomic E-state index is -4.80. The number of carbonyl (C=O) groups excluding carboxylic acids is 1. The SMILES string of the molecule is O=C(NCC1CCC1)c1cnc(Nc2ccc(Br)cc2Cl)nc1C(F)(F)F. The van der Waals surface area contributed by atoms with Crippen LogP contribution >= 0.6 is 27.5 Å². The summed E-state index contributed by atoms with van der Waals surface area (Å²) in [5, 5.41) is 5.45. The van der Waals surface area contributed by atoms with Gasteiger partial charge in [-0.15, -0.1) is 0 Å². The number of aromatic nitrogens is 2. The molecule has 1 aliphatic rings. The minimum Gasteiger partial charge on any atom is -0.352 e. The van der Waals surface area contributed by atoms with Crippen LogP contribution in [0.5, 0.6) is 0 Å². The van der Waals surface area contributed by atoms with Crippen molar-refractivity contribution in [2.24, 2.45) is 5.92 Å². The van der Waals surface area contributed by atoms with Crippen molar-refractivity contribution < 1.29 is 18.0 Å². The molecule has 5 nitrogen and oxygen atoms in total. The van der Waals surface area contributed by atoms with E-state index in [9.17, 15) is 18.0 Å². The zero-order chi connectivity index (χ0) is 19.6. The van der Waals surface area contributed by atoms with Crippen molar-refractivity contribution in [2.75, 3.05) is 11.9 Å². The van der Waals surface area contributed by atoms with Gasteiger partial charge in [0.2, 0.25) is 5.95 Å². The van der Waals surface area contributed by atoms with E-state index < -0.39 is 23.3 Å². The summed E-state index contributed by atoms with van der Waals surface area (Å²) in [7, 11) is 0. The lowest BCUT2D eigenvalue weighted by molar-refractivity contribution is -0.141. The number of benzene rings is 1. The molecule has 0 saturated heterocycles. The van der Waals surface area contributed by atoms with E-state index in [-0.39, 0.29) is 11.0 Å². The van der Waals surface area contributed by atoms with Gasteiger partial charge in [-0.2, -0.15) is 13.2 Å². The third kappa shape index (κ3) is 4.90. The van der Waals surface area contributed by atoms with E-state index >= 15 is 0 Å². The monoisotopic (exact) mass is 462 g/mol. The largest absolute Gasteiger partial charge is 0.434 e. The molecular weight excluding hydrogens is 449 g/mol. The van der Waals surface area contributed by atoms with Gasteiger partial charge in [0.15, 0.2) is 5.69 Å². The number of alkyl halides is 3. The fourth-order valence-corrected chi connectivity index (χ4v) is 3.29. The number of anilines is 2. The molecule has 0 bridgehead atoms. The van der Waals surface area contributed by atoms with Gasteiger partial charge in [-0.1, -0.05) is 34.0 Å². The summed E-state index contributed by atoms with van der Waals surface area (Å²) >= 11 is 9.29. The third-order valence-electron chi connectivity index (χ3n) is 4.26. The van der Waals surface area contributed by atoms with E-state index in [1.165, 1.54) is 0 Å². The fourth-order valence-electron chi connectivity index (χ4n) is 2.56. The normalized spacial score (nSPS) is 14.6. The predicted octanol–water partition coefficient (Wildman–Crippen LogP) is 5.18. The number of nitrogens with one attached hydrogen (secondary N) is 2.